The normalized spacial score (nSPS) is 15.1. The third kappa shape index (κ3) is 4.39. The minimum atomic E-state index is -3.17. The third-order valence-electron chi connectivity index (χ3n) is 2.22. The maximum absolute atomic E-state index is 11.6. The van der Waals surface area contributed by atoms with Crippen molar-refractivity contribution in [1.29, 1.82) is 0 Å². The molecular formula is C9H22N2O2S. The molecule has 0 saturated heterocycles. The molecule has 0 aliphatic carbocycles. The van der Waals surface area contributed by atoms with Gasteiger partial charge in [0.2, 0.25) is 10.0 Å². The molecule has 0 radical (unpaired) electrons. The van der Waals surface area contributed by atoms with Gasteiger partial charge in [0.1, 0.15) is 0 Å². The highest BCUT2D eigenvalue weighted by atomic mass is 32.2. The van der Waals surface area contributed by atoms with Gasteiger partial charge in [0.05, 0.1) is 5.25 Å². The summed E-state index contributed by atoms with van der Waals surface area (Å²) in [6.07, 6.45) is 0.684. The van der Waals surface area contributed by atoms with Gasteiger partial charge in [-0.05, 0) is 32.7 Å². The fourth-order valence-electron chi connectivity index (χ4n) is 1.05. The van der Waals surface area contributed by atoms with Crippen LogP contribution >= 0.6 is 0 Å². The molecule has 0 spiro atoms. The van der Waals surface area contributed by atoms with Gasteiger partial charge in [-0.15, -0.1) is 0 Å². The number of rotatable bonds is 6. The second-order valence-electron chi connectivity index (χ2n) is 4.14. The molecule has 0 bridgehead atoms. The van der Waals surface area contributed by atoms with Crippen LogP contribution in [0.2, 0.25) is 0 Å². The first-order valence-electron chi connectivity index (χ1n) is 5.02. The second-order valence-corrected chi connectivity index (χ2v) is 6.41. The van der Waals surface area contributed by atoms with Gasteiger partial charge in [0.15, 0.2) is 0 Å². The predicted molar refractivity (Wildman–Crippen MR) is 59.5 cm³/mol. The molecule has 0 fully saturated rings. The monoisotopic (exact) mass is 222 g/mol. The summed E-state index contributed by atoms with van der Waals surface area (Å²) in [7, 11) is -3.17. The summed E-state index contributed by atoms with van der Waals surface area (Å²) in [5.74, 6) is 0.270. The molecule has 0 aliphatic rings. The summed E-state index contributed by atoms with van der Waals surface area (Å²) in [4.78, 5) is 0. The maximum atomic E-state index is 11.6. The van der Waals surface area contributed by atoms with Crippen molar-refractivity contribution >= 4 is 10.0 Å². The van der Waals surface area contributed by atoms with Crippen LogP contribution in [0, 0.1) is 5.92 Å². The highest BCUT2D eigenvalue weighted by Gasteiger charge is 2.22. The molecule has 0 aromatic carbocycles. The Morgan fingerprint density at radius 1 is 1.21 bits per heavy atom. The lowest BCUT2D eigenvalue weighted by atomic mass is 10.0. The van der Waals surface area contributed by atoms with E-state index in [4.69, 9.17) is 5.73 Å². The Balaban J connectivity index is 4.45. The molecule has 0 amide bonds. The molecular weight excluding hydrogens is 200 g/mol. The molecule has 86 valence electrons. The molecule has 0 aromatic rings. The SMILES string of the molecule is CC(C)C(CCN)NS(=O)(=O)C(C)C. The average molecular weight is 222 g/mol. The molecule has 3 N–H and O–H groups in total. The standard InChI is InChI=1S/C9H22N2O2S/c1-7(2)9(5-6-10)11-14(12,13)8(3)4/h7-9,11H,5-6,10H2,1-4H3. The van der Waals surface area contributed by atoms with Crippen LogP contribution < -0.4 is 10.5 Å². The van der Waals surface area contributed by atoms with Crippen molar-refractivity contribution in [3.8, 4) is 0 Å². The average Bonchev–Trinajstić information content (AvgIpc) is 2.02. The molecule has 0 rings (SSSR count). The van der Waals surface area contributed by atoms with Gasteiger partial charge >= 0.3 is 0 Å². The summed E-state index contributed by atoms with van der Waals surface area (Å²) in [6, 6.07) is -0.0487. The summed E-state index contributed by atoms with van der Waals surface area (Å²) in [5, 5.41) is -0.387. The quantitative estimate of drug-likeness (QED) is 0.694. The van der Waals surface area contributed by atoms with E-state index in [1.165, 1.54) is 0 Å². The smallest absolute Gasteiger partial charge is 0.214 e. The van der Waals surface area contributed by atoms with E-state index in [0.717, 1.165) is 0 Å². The number of hydrogen-bond donors (Lipinski definition) is 2. The van der Waals surface area contributed by atoms with Gasteiger partial charge < -0.3 is 5.73 Å². The van der Waals surface area contributed by atoms with Crippen LogP contribution in [-0.2, 0) is 10.0 Å². The zero-order valence-electron chi connectivity index (χ0n) is 9.45. The van der Waals surface area contributed by atoms with Crippen LogP contribution in [-0.4, -0.2) is 26.3 Å². The molecule has 0 aromatic heterocycles. The largest absolute Gasteiger partial charge is 0.330 e. The van der Waals surface area contributed by atoms with Crippen molar-refractivity contribution in [3.63, 3.8) is 0 Å². The Hall–Kier alpha value is -0.130. The van der Waals surface area contributed by atoms with E-state index in [0.29, 0.717) is 13.0 Å². The minimum absolute atomic E-state index is 0.0487. The fourth-order valence-corrected chi connectivity index (χ4v) is 2.14. The Kier molecular flexibility index (Phi) is 5.63. The molecule has 1 unspecified atom stereocenters. The Morgan fingerprint density at radius 2 is 1.71 bits per heavy atom. The lowest BCUT2D eigenvalue weighted by Gasteiger charge is -2.22. The van der Waals surface area contributed by atoms with Crippen LogP contribution in [0.1, 0.15) is 34.1 Å². The lowest BCUT2D eigenvalue weighted by Crippen LogP contribution is -2.42. The summed E-state index contributed by atoms with van der Waals surface area (Å²) in [5.41, 5.74) is 5.43. The van der Waals surface area contributed by atoms with E-state index in [9.17, 15) is 8.42 Å². The van der Waals surface area contributed by atoms with Crippen LogP contribution in [0.3, 0.4) is 0 Å². The Bertz CT molecular complexity index is 248. The Labute approximate surface area is 87.3 Å². The van der Waals surface area contributed by atoms with E-state index in [-0.39, 0.29) is 17.2 Å². The van der Waals surface area contributed by atoms with Gasteiger partial charge in [0, 0.05) is 6.04 Å². The summed E-state index contributed by atoms with van der Waals surface area (Å²) in [6.45, 7) is 7.82. The van der Waals surface area contributed by atoms with Gasteiger partial charge in [0.25, 0.3) is 0 Å². The number of nitrogens with one attached hydrogen (secondary N) is 1. The number of sulfonamides is 1. The van der Waals surface area contributed by atoms with Gasteiger partial charge in [-0.25, -0.2) is 13.1 Å². The van der Waals surface area contributed by atoms with Crippen molar-refractivity contribution < 1.29 is 8.42 Å². The van der Waals surface area contributed by atoms with Gasteiger partial charge in [-0.2, -0.15) is 0 Å². The topological polar surface area (TPSA) is 72.2 Å². The molecule has 4 nitrogen and oxygen atoms in total. The summed E-state index contributed by atoms with van der Waals surface area (Å²) < 4.78 is 25.8. The van der Waals surface area contributed by atoms with Crippen LogP contribution in [0.15, 0.2) is 0 Å². The van der Waals surface area contributed by atoms with E-state index in [1.54, 1.807) is 13.8 Å². The maximum Gasteiger partial charge on any atom is 0.214 e. The van der Waals surface area contributed by atoms with Crippen molar-refractivity contribution in [2.75, 3.05) is 6.54 Å². The first kappa shape index (κ1) is 13.9. The first-order valence-corrected chi connectivity index (χ1v) is 6.57. The molecule has 0 aliphatic heterocycles. The van der Waals surface area contributed by atoms with Crippen LogP contribution in [0.4, 0.5) is 0 Å². The second kappa shape index (κ2) is 5.68. The zero-order valence-corrected chi connectivity index (χ0v) is 10.3. The number of nitrogens with two attached hydrogens (primary N) is 1. The molecule has 1 atom stereocenters. The fraction of sp³-hybridized carbons (Fsp3) is 1.00. The molecule has 5 heteroatoms. The van der Waals surface area contributed by atoms with Crippen LogP contribution in [0.5, 0.6) is 0 Å². The van der Waals surface area contributed by atoms with Crippen molar-refractivity contribution in [3.05, 3.63) is 0 Å². The van der Waals surface area contributed by atoms with Crippen molar-refractivity contribution in [2.24, 2.45) is 11.7 Å². The highest BCUT2D eigenvalue weighted by molar-refractivity contribution is 7.90. The van der Waals surface area contributed by atoms with Crippen LogP contribution in [0.25, 0.3) is 0 Å². The lowest BCUT2D eigenvalue weighted by molar-refractivity contribution is 0.426. The van der Waals surface area contributed by atoms with E-state index in [1.807, 2.05) is 13.8 Å². The van der Waals surface area contributed by atoms with E-state index < -0.39 is 10.0 Å². The van der Waals surface area contributed by atoms with Crippen molar-refractivity contribution in [2.45, 2.75) is 45.4 Å². The molecule has 14 heavy (non-hydrogen) atoms. The van der Waals surface area contributed by atoms with E-state index in [2.05, 4.69) is 4.72 Å². The molecule has 0 heterocycles. The van der Waals surface area contributed by atoms with Crippen molar-refractivity contribution in [1.82, 2.24) is 4.72 Å². The summed E-state index contributed by atoms with van der Waals surface area (Å²) >= 11 is 0. The third-order valence-corrected chi connectivity index (χ3v) is 4.09. The predicted octanol–water partition coefficient (Wildman–Crippen LogP) is 0.688. The van der Waals surface area contributed by atoms with Gasteiger partial charge in [-0.1, -0.05) is 13.8 Å². The zero-order chi connectivity index (χ0) is 11.4. The molecule has 0 saturated carbocycles. The number of hydrogen-bond acceptors (Lipinski definition) is 3. The minimum Gasteiger partial charge on any atom is -0.330 e. The highest BCUT2D eigenvalue weighted by Crippen LogP contribution is 2.08. The Morgan fingerprint density at radius 3 is 2.00 bits per heavy atom. The van der Waals surface area contributed by atoms with E-state index >= 15 is 0 Å². The van der Waals surface area contributed by atoms with Gasteiger partial charge in [-0.3, -0.25) is 0 Å². The first-order chi connectivity index (χ1) is 6.31.